The second kappa shape index (κ2) is 9.37. The van der Waals surface area contributed by atoms with Gasteiger partial charge in [0, 0.05) is 36.5 Å². The average molecular weight is 457 g/mol. The number of carbonyl (C=O) groups excluding carboxylic acids is 1. The summed E-state index contributed by atoms with van der Waals surface area (Å²) in [4.78, 5) is 29.4. The SMILES string of the molecule is C=C1Cc2nccc(=O)n2C1C(=O)Nc1ccc(C[C@@H]2CCC([C@H](O)c3ccccc3)N2)cc1. The first-order valence-corrected chi connectivity index (χ1v) is 11.6. The minimum absolute atomic E-state index is 0.0474. The number of rotatable bonds is 6. The van der Waals surface area contributed by atoms with Crippen LogP contribution in [0.1, 0.15) is 41.9 Å². The fourth-order valence-electron chi connectivity index (χ4n) is 5.01. The highest BCUT2D eigenvalue weighted by molar-refractivity contribution is 5.96. The molecule has 2 aliphatic heterocycles. The molecule has 2 unspecified atom stereocenters. The molecule has 1 fully saturated rings. The minimum Gasteiger partial charge on any atom is -0.387 e. The normalized spacial score (nSPS) is 22.4. The molecule has 1 amide bonds. The van der Waals surface area contributed by atoms with Crippen LogP contribution in [0, 0.1) is 0 Å². The van der Waals surface area contributed by atoms with Crippen LogP contribution < -0.4 is 16.2 Å². The molecule has 1 aromatic heterocycles. The summed E-state index contributed by atoms with van der Waals surface area (Å²) in [6.07, 6.45) is 4.14. The lowest BCUT2D eigenvalue weighted by Gasteiger charge is -2.20. The molecule has 7 heteroatoms. The highest BCUT2D eigenvalue weighted by atomic mass is 16.3. The van der Waals surface area contributed by atoms with Crippen molar-refractivity contribution in [2.45, 2.75) is 49.9 Å². The number of nitrogens with one attached hydrogen (secondary N) is 2. The monoisotopic (exact) mass is 456 g/mol. The second-order valence-corrected chi connectivity index (χ2v) is 9.10. The molecule has 7 nitrogen and oxygen atoms in total. The first kappa shape index (κ1) is 22.3. The largest absolute Gasteiger partial charge is 0.387 e. The second-order valence-electron chi connectivity index (χ2n) is 9.10. The van der Waals surface area contributed by atoms with E-state index in [1.54, 1.807) is 0 Å². The van der Waals surface area contributed by atoms with Crippen LogP contribution >= 0.6 is 0 Å². The number of amides is 1. The number of hydrogen-bond donors (Lipinski definition) is 3. The third kappa shape index (κ3) is 4.44. The van der Waals surface area contributed by atoms with Crippen LogP contribution in [0.25, 0.3) is 0 Å². The molecule has 4 atom stereocenters. The third-order valence-electron chi connectivity index (χ3n) is 6.74. The molecule has 3 aromatic rings. The van der Waals surface area contributed by atoms with E-state index in [1.807, 2.05) is 54.6 Å². The lowest BCUT2D eigenvalue weighted by atomic mass is 10.0. The van der Waals surface area contributed by atoms with Crippen molar-refractivity contribution < 1.29 is 9.90 Å². The maximum absolute atomic E-state index is 12.9. The zero-order chi connectivity index (χ0) is 23.7. The number of aliphatic hydroxyl groups is 1. The Kier molecular flexibility index (Phi) is 6.13. The van der Waals surface area contributed by atoms with Gasteiger partial charge >= 0.3 is 0 Å². The van der Waals surface area contributed by atoms with Crippen LogP contribution in [-0.4, -0.2) is 32.6 Å². The van der Waals surface area contributed by atoms with Crippen LogP contribution in [0.3, 0.4) is 0 Å². The van der Waals surface area contributed by atoms with Crippen LogP contribution in [-0.2, 0) is 17.6 Å². The summed E-state index contributed by atoms with van der Waals surface area (Å²) < 4.78 is 1.41. The summed E-state index contributed by atoms with van der Waals surface area (Å²) in [5, 5.41) is 17.2. The number of nitrogens with zero attached hydrogens (tertiary/aromatic N) is 2. The van der Waals surface area contributed by atoms with Gasteiger partial charge in [0.15, 0.2) is 0 Å². The Morgan fingerprint density at radius 1 is 1.15 bits per heavy atom. The van der Waals surface area contributed by atoms with Crippen LogP contribution in [0.15, 0.2) is 83.8 Å². The van der Waals surface area contributed by atoms with Crippen LogP contribution in [0.2, 0.25) is 0 Å². The highest BCUT2D eigenvalue weighted by Crippen LogP contribution is 2.29. The molecule has 0 radical (unpaired) electrons. The molecule has 3 heterocycles. The Balaban J connectivity index is 1.19. The Labute approximate surface area is 198 Å². The van der Waals surface area contributed by atoms with Crippen molar-refractivity contribution in [2.24, 2.45) is 0 Å². The van der Waals surface area contributed by atoms with Gasteiger partial charge in [-0.3, -0.25) is 14.2 Å². The van der Waals surface area contributed by atoms with E-state index in [2.05, 4.69) is 22.2 Å². The van der Waals surface area contributed by atoms with Gasteiger partial charge in [0.25, 0.3) is 11.5 Å². The van der Waals surface area contributed by atoms with Crippen molar-refractivity contribution in [2.75, 3.05) is 5.32 Å². The standard InChI is InChI=1S/C27H28N4O3/c1-17-15-23-28-14-13-24(32)31(23)25(17)27(34)30-20-9-7-18(8-10-20)16-21-11-12-22(29-21)26(33)19-5-3-2-4-6-19/h2-10,13-14,21-22,25-26,29,33H,1,11-12,15-16H2,(H,30,34)/t21-,22?,25?,26+/m0/s1. The number of anilines is 1. The predicted molar refractivity (Wildman–Crippen MR) is 131 cm³/mol. The molecule has 5 rings (SSSR count). The van der Waals surface area contributed by atoms with Crippen molar-refractivity contribution >= 4 is 11.6 Å². The van der Waals surface area contributed by atoms with E-state index in [4.69, 9.17) is 0 Å². The molecule has 34 heavy (non-hydrogen) atoms. The van der Waals surface area contributed by atoms with Gasteiger partial charge in [0.05, 0.1) is 6.10 Å². The summed E-state index contributed by atoms with van der Waals surface area (Å²) in [7, 11) is 0. The number of benzene rings is 2. The molecule has 2 aliphatic rings. The van der Waals surface area contributed by atoms with Gasteiger partial charge in [0.2, 0.25) is 0 Å². The Hall–Kier alpha value is -3.55. The van der Waals surface area contributed by atoms with Gasteiger partial charge in [-0.2, -0.15) is 0 Å². The molecule has 0 saturated carbocycles. The fraction of sp³-hybridized carbons (Fsp3) is 0.296. The summed E-state index contributed by atoms with van der Waals surface area (Å²) in [6.45, 7) is 3.98. The number of carbonyl (C=O) groups is 1. The lowest BCUT2D eigenvalue weighted by molar-refractivity contribution is -0.118. The summed E-state index contributed by atoms with van der Waals surface area (Å²) >= 11 is 0. The summed E-state index contributed by atoms with van der Waals surface area (Å²) in [6, 6.07) is 18.5. The third-order valence-corrected chi connectivity index (χ3v) is 6.74. The quantitative estimate of drug-likeness (QED) is 0.496. The molecule has 1 saturated heterocycles. The highest BCUT2D eigenvalue weighted by Gasteiger charge is 2.33. The lowest BCUT2D eigenvalue weighted by Crippen LogP contribution is -2.35. The smallest absolute Gasteiger partial charge is 0.254 e. The Bertz CT molecular complexity index is 1250. The van der Waals surface area contributed by atoms with Crippen molar-refractivity contribution in [3.05, 3.63) is 106 Å². The van der Waals surface area contributed by atoms with Gasteiger partial charge in [-0.25, -0.2) is 4.98 Å². The molecule has 2 aromatic carbocycles. The fourth-order valence-corrected chi connectivity index (χ4v) is 5.01. The van der Waals surface area contributed by atoms with Crippen molar-refractivity contribution in [1.29, 1.82) is 0 Å². The summed E-state index contributed by atoms with van der Waals surface area (Å²) in [5.41, 5.74) is 3.17. The van der Waals surface area contributed by atoms with E-state index in [0.717, 1.165) is 30.4 Å². The number of aliphatic hydroxyl groups excluding tert-OH is 1. The van der Waals surface area contributed by atoms with E-state index in [9.17, 15) is 14.7 Å². The van der Waals surface area contributed by atoms with Gasteiger partial charge in [-0.15, -0.1) is 0 Å². The molecular formula is C27H28N4O3. The molecule has 3 N–H and O–H groups in total. The van der Waals surface area contributed by atoms with E-state index < -0.39 is 12.1 Å². The zero-order valence-electron chi connectivity index (χ0n) is 18.9. The van der Waals surface area contributed by atoms with Gasteiger partial charge in [-0.05, 0) is 48.1 Å². The molecule has 174 valence electrons. The van der Waals surface area contributed by atoms with E-state index in [1.165, 1.54) is 16.8 Å². The van der Waals surface area contributed by atoms with Crippen LogP contribution in [0.5, 0.6) is 0 Å². The van der Waals surface area contributed by atoms with Crippen molar-refractivity contribution in [3.63, 3.8) is 0 Å². The number of fused-ring (bicyclic) bond motifs is 1. The van der Waals surface area contributed by atoms with E-state index >= 15 is 0 Å². The molecule has 0 spiro atoms. The van der Waals surface area contributed by atoms with Gasteiger partial charge < -0.3 is 15.7 Å². The maximum Gasteiger partial charge on any atom is 0.254 e. The minimum atomic E-state index is -0.744. The van der Waals surface area contributed by atoms with Gasteiger partial charge in [0.1, 0.15) is 11.9 Å². The van der Waals surface area contributed by atoms with Gasteiger partial charge in [-0.1, -0.05) is 49.0 Å². The van der Waals surface area contributed by atoms with Crippen molar-refractivity contribution in [1.82, 2.24) is 14.9 Å². The van der Waals surface area contributed by atoms with Crippen molar-refractivity contribution in [3.8, 4) is 0 Å². The number of aromatic nitrogens is 2. The first-order chi connectivity index (χ1) is 16.5. The Morgan fingerprint density at radius 3 is 2.68 bits per heavy atom. The zero-order valence-corrected chi connectivity index (χ0v) is 18.9. The van der Waals surface area contributed by atoms with Crippen LogP contribution in [0.4, 0.5) is 5.69 Å². The first-order valence-electron chi connectivity index (χ1n) is 11.6. The van der Waals surface area contributed by atoms with E-state index in [-0.39, 0.29) is 17.5 Å². The molecule has 0 bridgehead atoms. The predicted octanol–water partition coefficient (Wildman–Crippen LogP) is 2.93. The average Bonchev–Trinajstić information content (AvgIpc) is 3.45. The van der Waals surface area contributed by atoms with E-state index in [0.29, 0.717) is 29.5 Å². The topological polar surface area (TPSA) is 96.2 Å². The summed E-state index contributed by atoms with van der Waals surface area (Å²) in [5.74, 6) is 0.273. The Morgan fingerprint density at radius 2 is 1.91 bits per heavy atom. The maximum atomic E-state index is 12.9. The molecular weight excluding hydrogens is 428 g/mol. The molecule has 0 aliphatic carbocycles. The number of hydrogen-bond acceptors (Lipinski definition) is 5.